The lowest BCUT2D eigenvalue weighted by molar-refractivity contribution is -0.116. The summed E-state index contributed by atoms with van der Waals surface area (Å²) in [6, 6.07) is 9.30. The van der Waals surface area contributed by atoms with Crippen molar-refractivity contribution >= 4 is 11.6 Å². The molecule has 0 atom stereocenters. The summed E-state index contributed by atoms with van der Waals surface area (Å²) >= 11 is 0. The number of amides is 1. The van der Waals surface area contributed by atoms with Crippen molar-refractivity contribution in [3.8, 4) is 23.0 Å². The molecule has 0 aliphatic rings. The van der Waals surface area contributed by atoms with Crippen LogP contribution in [0, 0.1) is 12.7 Å². The molecule has 0 aliphatic heterocycles. The molecule has 1 amide bonds. The summed E-state index contributed by atoms with van der Waals surface area (Å²) in [5.41, 5.74) is 1.57. The fourth-order valence-electron chi connectivity index (χ4n) is 2.63. The molecule has 0 bridgehead atoms. The Hall–Kier alpha value is -3.88. The smallest absolute Gasteiger partial charge is 0.259 e. The molecule has 0 spiro atoms. The molecule has 3 aromatic heterocycles. The topological polar surface area (TPSA) is 98.7 Å². The number of halogens is 1. The van der Waals surface area contributed by atoms with Gasteiger partial charge in [-0.25, -0.2) is 9.37 Å². The average Bonchev–Trinajstić information content (AvgIpc) is 3.30. The van der Waals surface area contributed by atoms with E-state index in [2.05, 4.69) is 25.4 Å². The first kappa shape index (κ1) is 17.5. The Balaban J connectivity index is 1.49. The highest BCUT2D eigenvalue weighted by Crippen LogP contribution is 2.21. The zero-order chi connectivity index (χ0) is 19.5. The minimum atomic E-state index is -0.416. The van der Waals surface area contributed by atoms with Gasteiger partial charge < -0.3 is 14.4 Å². The van der Waals surface area contributed by atoms with Crippen LogP contribution < -0.4 is 5.32 Å². The number of nitrogens with zero attached hydrogens (tertiary/aromatic N) is 5. The summed E-state index contributed by atoms with van der Waals surface area (Å²) in [5, 5.41) is 6.59. The molecule has 0 fully saturated rings. The van der Waals surface area contributed by atoms with Crippen LogP contribution in [0.15, 0.2) is 59.5 Å². The summed E-state index contributed by atoms with van der Waals surface area (Å²) in [4.78, 5) is 25.0. The number of hydrogen-bond acceptors (Lipinski definition) is 6. The van der Waals surface area contributed by atoms with Crippen molar-refractivity contribution in [3.05, 3.63) is 66.6 Å². The maximum atomic E-state index is 13.2. The van der Waals surface area contributed by atoms with Gasteiger partial charge in [-0.05, 0) is 37.3 Å². The van der Waals surface area contributed by atoms with Crippen LogP contribution in [-0.2, 0) is 11.3 Å². The number of nitrogens with one attached hydrogen (secondary N) is 1. The Labute approximate surface area is 159 Å². The molecule has 4 rings (SSSR count). The molecule has 0 saturated carbocycles. The van der Waals surface area contributed by atoms with Crippen molar-refractivity contribution in [2.45, 2.75) is 13.5 Å². The van der Waals surface area contributed by atoms with E-state index in [0.29, 0.717) is 34.5 Å². The number of carbonyl (C=O) groups is 1. The van der Waals surface area contributed by atoms with Gasteiger partial charge in [0.05, 0.1) is 5.56 Å². The molecular formula is C19H15FN6O2. The Morgan fingerprint density at radius 3 is 2.93 bits per heavy atom. The summed E-state index contributed by atoms with van der Waals surface area (Å²) in [7, 11) is 0. The van der Waals surface area contributed by atoms with Gasteiger partial charge in [0.25, 0.3) is 5.89 Å². The average molecular weight is 378 g/mol. The van der Waals surface area contributed by atoms with Gasteiger partial charge in [-0.15, -0.1) is 0 Å². The molecule has 1 N–H and O–H groups in total. The number of pyridine rings is 1. The second-order valence-electron chi connectivity index (χ2n) is 6.02. The molecule has 9 heteroatoms. The third-order valence-corrected chi connectivity index (χ3v) is 3.96. The number of rotatable bonds is 5. The summed E-state index contributed by atoms with van der Waals surface area (Å²) < 4.78 is 20.1. The molecular weight excluding hydrogens is 363 g/mol. The number of hydrogen-bond donors (Lipinski definition) is 1. The van der Waals surface area contributed by atoms with E-state index in [-0.39, 0.29) is 12.5 Å². The fraction of sp³-hybridized carbons (Fsp3) is 0.105. The van der Waals surface area contributed by atoms with Crippen LogP contribution in [0.25, 0.3) is 23.0 Å². The molecule has 3 heterocycles. The van der Waals surface area contributed by atoms with Crippen molar-refractivity contribution in [3.63, 3.8) is 0 Å². The molecule has 28 heavy (non-hydrogen) atoms. The molecule has 140 valence electrons. The fourth-order valence-corrected chi connectivity index (χ4v) is 2.63. The predicted molar refractivity (Wildman–Crippen MR) is 98.5 cm³/mol. The van der Waals surface area contributed by atoms with E-state index in [0.717, 1.165) is 0 Å². The number of imidazole rings is 1. The normalized spacial score (nSPS) is 10.8. The minimum absolute atomic E-state index is 0.0165. The minimum Gasteiger partial charge on any atom is -0.333 e. The van der Waals surface area contributed by atoms with Gasteiger partial charge in [-0.1, -0.05) is 11.2 Å². The highest BCUT2D eigenvalue weighted by Gasteiger charge is 2.16. The van der Waals surface area contributed by atoms with E-state index < -0.39 is 5.82 Å². The van der Waals surface area contributed by atoms with Gasteiger partial charge in [-0.2, -0.15) is 4.98 Å². The van der Waals surface area contributed by atoms with Gasteiger partial charge in [0, 0.05) is 24.3 Å². The van der Waals surface area contributed by atoms with Crippen LogP contribution in [0.4, 0.5) is 10.1 Å². The van der Waals surface area contributed by atoms with E-state index in [1.165, 1.54) is 18.2 Å². The molecule has 0 unspecified atom stereocenters. The summed E-state index contributed by atoms with van der Waals surface area (Å²) in [5.74, 6) is 0.532. The number of benzene rings is 1. The molecule has 0 aliphatic carbocycles. The lowest BCUT2D eigenvalue weighted by atomic mass is 10.3. The van der Waals surface area contributed by atoms with Gasteiger partial charge in [-0.3, -0.25) is 9.78 Å². The number of aryl methyl sites for hydroxylation is 1. The van der Waals surface area contributed by atoms with Gasteiger partial charge in [0.15, 0.2) is 0 Å². The van der Waals surface area contributed by atoms with Gasteiger partial charge in [0.1, 0.15) is 23.9 Å². The van der Waals surface area contributed by atoms with Crippen LogP contribution in [0.5, 0.6) is 0 Å². The van der Waals surface area contributed by atoms with Crippen LogP contribution in [-0.4, -0.2) is 30.6 Å². The second kappa shape index (κ2) is 7.39. The third kappa shape index (κ3) is 3.78. The zero-order valence-corrected chi connectivity index (χ0v) is 14.8. The van der Waals surface area contributed by atoms with Crippen LogP contribution >= 0.6 is 0 Å². The Kier molecular flexibility index (Phi) is 4.63. The molecule has 1 aromatic carbocycles. The van der Waals surface area contributed by atoms with Crippen LogP contribution in [0.3, 0.4) is 0 Å². The second-order valence-corrected chi connectivity index (χ2v) is 6.02. The van der Waals surface area contributed by atoms with Crippen molar-refractivity contribution < 1.29 is 13.7 Å². The van der Waals surface area contributed by atoms with E-state index >= 15 is 0 Å². The van der Waals surface area contributed by atoms with Crippen molar-refractivity contribution in [1.29, 1.82) is 0 Å². The largest absolute Gasteiger partial charge is 0.333 e. The lowest BCUT2D eigenvalue weighted by Gasteiger charge is -2.07. The first-order valence-electron chi connectivity index (χ1n) is 8.42. The van der Waals surface area contributed by atoms with Crippen molar-refractivity contribution in [2.24, 2.45) is 0 Å². The number of carbonyl (C=O) groups excluding carboxylic acids is 1. The highest BCUT2D eigenvalue weighted by atomic mass is 19.1. The van der Waals surface area contributed by atoms with Crippen LogP contribution in [0.2, 0.25) is 0 Å². The van der Waals surface area contributed by atoms with E-state index in [1.54, 1.807) is 42.2 Å². The molecule has 0 radical (unpaired) electrons. The quantitative estimate of drug-likeness (QED) is 0.573. The molecule has 4 aromatic rings. The SMILES string of the molecule is Cc1nc(-c2noc(-c3cccnc3)n2)cn1CC(=O)Nc1cccc(F)c1. The Bertz CT molecular complexity index is 1120. The molecule has 8 nitrogen and oxygen atoms in total. The highest BCUT2D eigenvalue weighted by molar-refractivity contribution is 5.90. The lowest BCUT2D eigenvalue weighted by Crippen LogP contribution is -2.19. The van der Waals surface area contributed by atoms with Gasteiger partial charge >= 0.3 is 0 Å². The van der Waals surface area contributed by atoms with E-state index in [9.17, 15) is 9.18 Å². The van der Waals surface area contributed by atoms with Crippen molar-refractivity contribution in [2.75, 3.05) is 5.32 Å². The Morgan fingerprint density at radius 1 is 1.25 bits per heavy atom. The Morgan fingerprint density at radius 2 is 2.14 bits per heavy atom. The first-order chi connectivity index (χ1) is 13.6. The van der Waals surface area contributed by atoms with E-state index in [4.69, 9.17) is 4.52 Å². The maximum Gasteiger partial charge on any atom is 0.259 e. The van der Waals surface area contributed by atoms with E-state index in [1.807, 2.05) is 6.07 Å². The summed E-state index contributed by atoms with van der Waals surface area (Å²) in [6.45, 7) is 1.78. The summed E-state index contributed by atoms with van der Waals surface area (Å²) in [6.07, 6.45) is 4.94. The van der Waals surface area contributed by atoms with Crippen molar-refractivity contribution in [1.82, 2.24) is 24.7 Å². The maximum absolute atomic E-state index is 13.2. The zero-order valence-electron chi connectivity index (χ0n) is 14.8. The number of aromatic nitrogens is 5. The van der Waals surface area contributed by atoms with Gasteiger partial charge in [0.2, 0.25) is 11.7 Å². The number of anilines is 1. The third-order valence-electron chi connectivity index (χ3n) is 3.96. The molecule has 0 saturated heterocycles. The monoisotopic (exact) mass is 378 g/mol. The first-order valence-corrected chi connectivity index (χ1v) is 8.42. The predicted octanol–water partition coefficient (Wildman–Crippen LogP) is 3.08. The van der Waals surface area contributed by atoms with Crippen LogP contribution in [0.1, 0.15) is 5.82 Å². The standard InChI is InChI=1S/C19H15FN6O2/c1-12-22-16(18-24-19(28-25-18)13-4-3-7-21-9-13)10-26(12)11-17(27)23-15-6-2-5-14(20)8-15/h2-10H,11H2,1H3,(H,23,27).